The second kappa shape index (κ2) is 5.76. The van der Waals surface area contributed by atoms with Gasteiger partial charge in [0.05, 0.1) is 6.10 Å². The van der Waals surface area contributed by atoms with Crippen molar-refractivity contribution < 1.29 is 13.9 Å². The van der Waals surface area contributed by atoms with Crippen LogP contribution in [0.15, 0.2) is 18.2 Å². The van der Waals surface area contributed by atoms with E-state index in [0.29, 0.717) is 12.1 Å². The van der Waals surface area contributed by atoms with E-state index in [1.54, 1.807) is 0 Å². The molecule has 0 heterocycles. The first-order chi connectivity index (χ1) is 8.54. The Kier molecular flexibility index (Phi) is 4.30. The standard InChI is InChI=1S/C14H19F2NO/c1-17(9-11-3-2-4-14(11)18)8-10-5-12(15)7-13(16)6-10/h5-7,11,14,18H,2-4,8-9H2,1H3. The average molecular weight is 255 g/mol. The highest BCUT2D eigenvalue weighted by Gasteiger charge is 2.26. The molecule has 100 valence electrons. The highest BCUT2D eigenvalue weighted by molar-refractivity contribution is 5.17. The Morgan fingerprint density at radius 1 is 1.22 bits per heavy atom. The smallest absolute Gasteiger partial charge is 0.126 e. The monoisotopic (exact) mass is 255 g/mol. The molecule has 1 N–H and O–H groups in total. The van der Waals surface area contributed by atoms with Gasteiger partial charge in [0.2, 0.25) is 0 Å². The van der Waals surface area contributed by atoms with Gasteiger partial charge in [-0.25, -0.2) is 8.78 Å². The van der Waals surface area contributed by atoms with E-state index in [2.05, 4.69) is 0 Å². The Labute approximate surface area is 106 Å². The minimum atomic E-state index is -0.542. The largest absolute Gasteiger partial charge is 0.393 e. The van der Waals surface area contributed by atoms with E-state index < -0.39 is 11.6 Å². The highest BCUT2D eigenvalue weighted by Crippen LogP contribution is 2.26. The average Bonchev–Trinajstić information content (AvgIpc) is 2.62. The molecule has 1 saturated carbocycles. The molecule has 18 heavy (non-hydrogen) atoms. The summed E-state index contributed by atoms with van der Waals surface area (Å²) in [5.41, 5.74) is 0.627. The first kappa shape index (κ1) is 13.4. The normalized spacial score (nSPS) is 23.8. The molecule has 1 aromatic rings. The summed E-state index contributed by atoms with van der Waals surface area (Å²) in [5, 5.41) is 9.75. The topological polar surface area (TPSA) is 23.5 Å². The predicted octanol–water partition coefficient (Wildman–Crippen LogP) is 2.56. The van der Waals surface area contributed by atoms with Crippen molar-refractivity contribution in [2.24, 2.45) is 5.92 Å². The minimum Gasteiger partial charge on any atom is -0.393 e. The third kappa shape index (κ3) is 3.50. The van der Waals surface area contributed by atoms with Gasteiger partial charge in [-0.15, -0.1) is 0 Å². The molecule has 2 atom stereocenters. The van der Waals surface area contributed by atoms with E-state index in [4.69, 9.17) is 0 Å². The van der Waals surface area contributed by atoms with Gasteiger partial charge in [-0.1, -0.05) is 6.42 Å². The highest BCUT2D eigenvalue weighted by atomic mass is 19.1. The summed E-state index contributed by atoms with van der Waals surface area (Å²) in [6.07, 6.45) is 2.74. The van der Waals surface area contributed by atoms with Gasteiger partial charge < -0.3 is 10.0 Å². The molecule has 0 amide bonds. The lowest BCUT2D eigenvalue weighted by Gasteiger charge is -2.23. The number of halogens is 2. The summed E-state index contributed by atoms with van der Waals surface area (Å²) in [7, 11) is 1.91. The fraction of sp³-hybridized carbons (Fsp3) is 0.571. The first-order valence-electron chi connectivity index (χ1n) is 6.36. The van der Waals surface area contributed by atoms with Crippen LogP contribution in [0.5, 0.6) is 0 Å². The molecular weight excluding hydrogens is 236 g/mol. The van der Waals surface area contributed by atoms with Crippen LogP contribution in [0.25, 0.3) is 0 Å². The van der Waals surface area contributed by atoms with Crippen molar-refractivity contribution in [2.75, 3.05) is 13.6 Å². The summed E-state index contributed by atoms with van der Waals surface area (Å²) in [6.45, 7) is 1.26. The minimum absolute atomic E-state index is 0.225. The number of rotatable bonds is 4. The Morgan fingerprint density at radius 3 is 2.44 bits per heavy atom. The van der Waals surface area contributed by atoms with Crippen LogP contribution < -0.4 is 0 Å². The number of aliphatic hydroxyl groups excluding tert-OH is 1. The van der Waals surface area contributed by atoms with Crippen LogP contribution in [0.4, 0.5) is 8.78 Å². The molecule has 0 aromatic heterocycles. The summed E-state index contributed by atoms with van der Waals surface area (Å²) in [5.74, 6) is -0.799. The van der Waals surface area contributed by atoms with E-state index in [-0.39, 0.29) is 12.0 Å². The van der Waals surface area contributed by atoms with Gasteiger partial charge in [0.15, 0.2) is 0 Å². The number of hydrogen-bond donors (Lipinski definition) is 1. The number of aliphatic hydroxyl groups is 1. The zero-order valence-electron chi connectivity index (χ0n) is 10.6. The van der Waals surface area contributed by atoms with Gasteiger partial charge in [-0.05, 0) is 43.5 Å². The lowest BCUT2D eigenvalue weighted by molar-refractivity contribution is 0.108. The van der Waals surface area contributed by atoms with E-state index in [9.17, 15) is 13.9 Å². The van der Waals surface area contributed by atoms with E-state index in [1.807, 2.05) is 11.9 Å². The molecule has 0 radical (unpaired) electrons. The molecule has 0 aliphatic heterocycles. The van der Waals surface area contributed by atoms with Crippen LogP contribution >= 0.6 is 0 Å². The van der Waals surface area contributed by atoms with Crippen molar-refractivity contribution in [1.82, 2.24) is 4.90 Å². The lowest BCUT2D eigenvalue weighted by Crippen LogP contribution is -2.29. The van der Waals surface area contributed by atoms with Crippen molar-refractivity contribution in [3.63, 3.8) is 0 Å². The molecule has 0 spiro atoms. The van der Waals surface area contributed by atoms with Crippen LogP contribution in [-0.2, 0) is 6.54 Å². The number of benzene rings is 1. The third-order valence-electron chi connectivity index (χ3n) is 3.54. The maximum atomic E-state index is 13.0. The molecule has 1 fully saturated rings. The predicted molar refractivity (Wildman–Crippen MR) is 66.0 cm³/mol. The van der Waals surface area contributed by atoms with Crippen LogP contribution in [0.3, 0.4) is 0 Å². The van der Waals surface area contributed by atoms with Crippen molar-refractivity contribution in [3.8, 4) is 0 Å². The summed E-state index contributed by atoms with van der Waals surface area (Å²) in [6, 6.07) is 3.58. The second-order valence-electron chi connectivity index (χ2n) is 5.23. The van der Waals surface area contributed by atoms with Gasteiger partial charge in [-0.3, -0.25) is 0 Å². The molecular formula is C14H19F2NO. The van der Waals surface area contributed by atoms with Crippen LogP contribution in [0, 0.1) is 17.6 Å². The Morgan fingerprint density at radius 2 is 1.89 bits per heavy atom. The van der Waals surface area contributed by atoms with Gasteiger partial charge in [0.1, 0.15) is 11.6 Å². The lowest BCUT2D eigenvalue weighted by atomic mass is 10.1. The molecule has 2 nitrogen and oxygen atoms in total. The maximum Gasteiger partial charge on any atom is 0.126 e. The second-order valence-corrected chi connectivity index (χ2v) is 5.23. The van der Waals surface area contributed by atoms with E-state index in [1.165, 1.54) is 12.1 Å². The third-order valence-corrected chi connectivity index (χ3v) is 3.54. The Bertz CT molecular complexity index is 391. The molecule has 1 aliphatic rings. The van der Waals surface area contributed by atoms with Crippen molar-refractivity contribution in [2.45, 2.75) is 31.9 Å². The van der Waals surface area contributed by atoms with Gasteiger partial charge in [0.25, 0.3) is 0 Å². The van der Waals surface area contributed by atoms with Crippen LogP contribution in [-0.4, -0.2) is 29.7 Å². The van der Waals surface area contributed by atoms with Crippen LogP contribution in [0.1, 0.15) is 24.8 Å². The van der Waals surface area contributed by atoms with Crippen molar-refractivity contribution >= 4 is 0 Å². The Balaban J connectivity index is 1.92. The zero-order valence-corrected chi connectivity index (χ0v) is 10.6. The fourth-order valence-corrected chi connectivity index (χ4v) is 2.71. The fourth-order valence-electron chi connectivity index (χ4n) is 2.71. The molecule has 4 heteroatoms. The van der Waals surface area contributed by atoms with Gasteiger partial charge in [-0.2, -0.15) is 0 Å². The number of nitrogens with zero attached hydrogens (tertiary/aromatic N) is 1. The molecule has 1 aromatic carbocycles. The molecule has 0 bridgehead atoms. The quantitative estimate of drug-likeness (QED) is 0.893. The van der Waals surface area contributed by atoms with E-state index in [0.717, 1.165) is 31.9 Å². The van der Waals surface area contributed by atoms with Crippen molar-refractivity contribution in [1.29, 1.82) is 0 Å². The molecule has 2 rings (SSSR count). The van der Waals surface area contributed by atoms with Crippen molar-refractivity contribution in [3.05, 3.63) is 35.4 Å². The molecule has 0 saturated heterocycles. The first-order valence-corrected chi connectivity index (χ1v) is 6.36. The van der Waals surface area contributed by atoms with Gasteiger partial charge in [0, 0.05) is 19.2 Å². The SMILES string of the molecule is CN(Cc1cc(F)cc(F)c1)CC1CCCC1O. The maximum absolute atomic E-state index is 13.0. The summed E-state index contributed by atoms with van der Waals surface area (Å²) >= 11 is 0. The summed E-state index contributed by atoms with van der Waals surface area (Å²) < 4.78 is 26.1. The summed E-state index contributed by atoms with van der Waals surface area (Å²) in [4.78, 5) is 2.01. The Hall–Kier alpha value is -1.00. The van der Waals surface area contributed by atoms with Gasteiger partial charge >= 0.3 is 0 Å². The molecule has 1 aliphatic carbocycles. The molecule has 2 unspecified atom stereocenters. The van der Waals surface area contributed by atoms with Crippen LogP contribution in [0.2, 0.25) is 0 Å². The van der Waals surface area contributed by atoms with E-state index >= 15 is 0 Å². The number of hydrogen-bond acceptors (Lipinski definition) is 2. The zero-order chi connectivity index (χ0) is 13.1.